The number of benzene rings is 1. The maximum absolute atomic E-state index is 12.3. The Hall–Kier alpha value is -2.08. The van der Waals surface area contributed by atoms with Gasteiger partial charge in [-0.2, -0.15) is 0 Å². The monoisotopic (exact) mass is 359 g/mol. The molecule has 1 aromatic carbocycles. The molecule has 142 valence electrons. The van der Waals surface area contributed by atoms with Gasteiger partial charge in [0, 0.05) is 37.5 Å². The molecule has 2 heterocycles. The van der Waals surface area contributed by atoms with Crippen LogP contribution in [0.5, 0.6) is 0 Å². The average Bonchev–Trinajstić information content (AvgIpc) is 3.19. The van der Waals surface area contributed by atoms with Gasteiger partial charge in [0.15, 0.2) is 0 Å². The van der Waals surface area contributed by atoms with E-state index in [2.05, 4.69) is 17.6 Å². The minimum Gasteiger partial charge on any atom is -0.376 e. The lowest BCUT2D eigenvalue weighted by Crippen LogP contribution is -2.40. The van der Waals surface area contributed by atoms with Crippen LogP contribution in [0.3, 0.4) is 0 Å². The molecule has 0 saturated carbocycles. The summed E-state index contributed by atoms with van der Waals surface area (Å²) in [6.07, 6.45) is 4.38. The number of nitrogens with one attached hydrogen (secondary N) is 2. The van der Waals surface area contributed by atoms with Crippen molar-refractivity contribution in [2.45, 2.75) is 38.7 Å². The van der Waals surface area contributed by atoms with E-state index in [4.69, 9.17) is 4.74 Å². The van der Waals surface area contributed by atoms with Gasteiger partial charge in [-0.25, -0.2) is 0 Å². The topological polar surface area (TPSA) is 70.7 Å². The maximum Gasteiger partial charge on any atom is 0.251 e. The Morgan fingerprint density at radius 2 is 1.88 bits per heavy atom. The molecule has 2 aliphatic heterocycles. The van der Waals surface area contributed by atoms with Crippen molar-refractivity contribution in [2.24, 2.45) is 5.92 Å². The molecule has 0 aliphatic carbocycles. The number of amides is 2. The smallest absolute Gasteiger partial charge is 0.251 e. The van der Waals surface area contributed by atoms with E-state index in [1.165, 1.54) is 0 Å². The fraction of sp³-hybridized carbons (Fsp3) is 0.600. The van der Waals surface area contributed by atoms with Crippen molar-refractivity contribution in [3.05, 3.63) is 29.8 Å². The molecule has 1 unspecified atom stereocenters. The van der Waals surface area contributed by atoms with Crippen molar-refractivity contribution in [3.63, 3.8) is 0 Å². The van der Waals surface area contributed by atoms with Crippen LogP contribution in [0.25, 0.3) is 0 Å². The minimum absolute atomic E-state index is 0.0921. The molecule has 0 radical (unpaired) electrons. The Labute approximate surface area is 155 Å². The van der Waals surface area contributed by atoms with Crippen molar-refractivity contribution in [1.29, 1.82) is 0 Å². The lowest BCUT2D eigenvalue weighted by Gasteiger charge is -2.30. The normalized spacial score (nSPS) is 20.8. The van der Waals surface area contributed by atoms with Crippen LogP contribution in [0.15, 0.2) is 24.3 Å². The molecule has 2 amide bonds. The zero-order chi connectivity index (χ0) is 18.4. The molecule has 0 bridgehead atoms. The number of hydrogen-bond acceptors (Lipinski definition) is 4. The number of ether oxygens (including phenoxy) is 1. The fourth-order valence-corrected chi connectivity index (χ4v) is 3.40. The summed E-state index contributed by atoms with van der Waals surface area (Å²) in [6, 6.07) is 7.24. The van der Waals surface area contributed by atoms with Gasteiger partial charge in [0.2, 0.25) is 5.91 Å². The number of carbonyl (C=O) groups excluding carboxylic acids is 2. The first-order valence-electron chi connectivity index (χ1n) is 9.63. The fourth-order valence-electron chi connectivity index (χ4n) is 3.40. The number of likely N-dealkylation sites (tertiary alicyclic amines) is 1. The van der Waals surface area contributed by atoms with Crippen LogP contribution < -0.4 is 10.6 Å². The summed E-state index contributed by atoms with van der Waals surface area (Å²) in [7, 11) is 0. The molecule has 2 fully saturated rings. The predicted octanol–water partition coefficient (Wildman–Crippen LogP) is 2.27. The highest BCUT2D eigenvalue weighted by atomic mass is 16.5. The second-order valence-electron chi connectivity index (χ2n) is 7.34. The molecular weight excluding hydrogens is 330 g/mol. The van der Waals surface area contributed by atoms with Crippen molar-refractivity contribution in [2.75, 3.05) is 38.1 Å². The molecular formula is C20H29N3O3. The quantitative estimate of drug-likeness (QED) is 0.817. The third kappa shape index (κ3) is 5.21. The highest BCUT2D eigenvalue weighted by Crippen LogP contribution is 2.16. The molecule has 6 heteroatoms. The van der Waals surface area contributed by atoms with Crippen LogP contribution >= 0.6 is 0 Å². The summed E-state index contributed by atoms with van der Waals surface area (Å²) in [5.41, 5.74) is 1.46. The first-order chi connectivity index (χ1) is 12.6. The first-order valence-corrected chi connectivity index (χ1v) is 9.63. The van der Waals surface area contributed by atoms with Gasteiger partial charge >= 0.3 is 0 Å². The van der Waals surface area contributed by atoms with Crippen LogP contribution in [0.1, 0.15) is 43.0 Å². The lowest BCUT2D eigenvalue weighted by molar-refractivity contribution is -0.130. The second-order valence-corrected chi connectivity index (χ2v) is 7.34. The zero-order valence-corrected chi connectivity index (χ0v) is 15.5. The zero-order valence-electron chi connectivity index (χ0n) is 15.5. The van der Waals surface area contributed by atoms with Gasteiger partial charge in [-0.05, 0) is 55.9 Å². The summed E-state index contributed by atoms with van der Waals surface area (Å²) in [6.45, 7) is 5.58. The number of anilines is 1. The van der Waals surface area contributed by atoms with Crippen LogP contribution in [-0.2, 0) is 9.53 Å². The molecule has 1 aromatic rings. The predicted molar refractivity (Wildman–Crippen MR) is 101 cm³/mol. The van der Waals surface area contributed by atoms with Gasteiger partial charge in [0.25, 0.3) is 5.91 Å². The van der Waals surface area contributed by atoms with E-state index in [9.17, 15) is 9.59 Å². The SMILES string of the molecule is CC1CCN(C(=O)CNc2ccc(C(=O)NCC3CCCO3)cc2)CC1. The Morgan fingerprint density at radius 3 is 2.54 bits per heavy atom. The minimum atomic E-state index is -0.0921. The number of piperidine rings is 1. The van der Waals surface area contributed by atoms with Gasteiger partial charge in [0.1, 0.15) is 0 Å². The Bertz CT molecular complexity index is 603. The van der Waals surface area contributed by atoms with Crippen molar-refractivity contribution in [1.82, 2.24) is 10.2 Å². The lowest BCUT2D eigenvalue weighted by atomic mass is 9.99. The number of nitrogens with zero attached hydrogens (tertiary/aromatic N) is 1. The van der Waals surface area contributed by atoms with E-state index in [1.54, 1.807) is 12.1 Å². The standard InChI is InChI=1S/C20H29N3O3/c1-15-8-10-23(11-9-15)19(24)14-21-17-6-4-16(5-7-17)20(25)22-13-18-3-2-12-26-18/h4-7,15,18,21H,2-3,8-14H2,1H3,(H,22,25). The van der Waals surface area contributed by atoms with E-state index in [0.29, 0.717) is 24.6 Å². The van der Waals surface area contributed by atoms with Crippen LogP contribution in [0.4, 0.5) is 5.69 Å². The summed E-state index contributed by atoms with van der Waals surface area (Å²) in [4.78, 5) is 26.3. The van der Waals surface area contributed by atoms with E-state index < -0.39 is 0 Å². The highest BCUT2D eigenvalue weighted by Gasteiger charge is 2.20. The molecule has 0 aromatic heterocycles. The molecule has 2 aliphatic rings. The molecule has 3 rings (SSSR count). The van der Waals surface area contributed by atoms with Crippen molar-refractivity contribution in [3.8, 4) is 0 Å². The molecule has 2 N–H and O–H groups in total. The van der Waals surface area contributed by atoms with E-state index in [1.807, 2.05) is 17.0 Å². The van der Waals surface area contributed by atoms with Crippen molar-refractivity contribution < 1.29 is 14.3 Å². The summed E-state index contributed by atoms with van der Waals surface area (Å²) in [5, 5.41) is 6.06. The Kier molecular flexibility index (Phi) is 6.50. The van der Waals surface area contributed by atoms with Crippen LogP contribution in [0, 0.1) is 5.92 Å². The van der Waals surface area contributed by atoms with E-state index in [-0.39, 0.29) is 17.9 Å². The van der Waals surface area contributed by atoms with E-state index >= 15 is 0 Å². The molecule has 2 saturated heterocycles. The number of rotatable bonds is 6. The Balaban J connectivity index is 1.42. The van der Waals surface area contributed by atoms with Gasteiger partial charge in [-0.1, -0.05) is 6.92 Å². The summed E-state index contributed by atoms with van der Waals surface area (Å²) >= 11 is 0. The number of hydrogen-bond donors (Lipinski definition) is 2. The average molecular weight is 359 g/mol. The third-order valence-electron chi connectivity index (χ3n) is 5.24. The van der Waals surface area contributed by atoms with Gasteiger partial charge < -0.3 is 20.3 Å². The Morgan fingerprint density at radius 1 is 1.15 bits per heavy atom. The maximum atomic E-state index is 12.3. The largest absolute Gasteiger partial charge is 0.376 e. The summed E-state index contributed by atoms with van der Waals surface area (Å²) < 4.78 is 5.51. The summed E-state index contributed by atoms with van der Waals surface area (Å²) in [5.74, 6) is 0.756. The molecule has 26 heavy (non-hydrogen) atoms. The van der Waals surface area contributed by atoms with Crippen molar-refractivity contribution >= 4 is 17.5 Å². The van der Waals surface area contributed by atoms with Crippen LogP contribution in [-0.4, -0.2) is 55.6 Å². The molecule has 6 nitrogen and oxygen atoms in total. The molecule has 0 spiro atoms. The van der Waals surface area contributed by atoms with Gasteiger partial charge in [0.05, 0.1) is 12.6 Å². The highest BCUT2D eigenvalue weighted by molar-refractivity contribution is 5.94. The molecule has 1 atom stereocenters. The second kappa shape index (κ2) is 9.03. The van der Waals surface area contributed by atoms with Gasteiger partial charge in [-0.15, -0.1) is 0 Å². The third-order valence-corrected chi connectivity index (χ3v) is 5.24. The van der Waals surface area contributed by atoms with Gasteiger partial charge in [-0.3, -0.25) is 9.59 Å². The first kappa shape index (κ1) is 18.7. The van der Waals surface area contributed by atoms with E-state index in [0.717, 1.165) is 51.1 Å². The number of carbonyl (C=O) groups is 2. The van der Waals surface area contributed by atoms with Crippen LogP contribution in [0.2, 0.25) is 0 Å².